The molecule has 0 amide bonds. The molecule has 0 saturated carbocycles. The highest BCUT2D eigenvalue weighted by molar-refractivity contribution is 5.83. The van der Waals surface area contributed by atoms with Crippen molar-refractivity contribution in [3.05, 3.63) is 30.7 Å². The smallest absolute Gasteiger partial charge is 0.130 e. The van der Waals surface area contributed by atoms with Crippen LogP contribution in [0.15, 0.2) is 30.7 Å². The number of ether oxygens (including phenoxy) is 1. The Labute approximate surface area is 101 Å². The third-order valence-corrected chi connectivity index (χ3v) is 2.46. The van der Waals surface area contributed by atoms with E-state index >= 15 is 0 Å². The summed E-state index contributed by atoms with van der Waals surface area (Å²) in [5.41, 5.74) is 0.912. The molecule has 4 heteroatoms. The largest absolute Gasteiger partial charge is 0.489 e. The lowest BCUT2D eigenvalue weighted by Gasteiger charge is -2.19. The van der Waals surface area contributed by atoms with Gasteiger partial charge in [-0.25, -0.2) is 9.97 Å². The molecule has 17 heavy (non-hydrogen) atoms. The van der Waals surface area contributed by atoms with Crippen molar-refractivity contribution in [2.24, 2.45) is 0 Å². The summed E-state index contributed by atoms with van der Waals surface area (Å²) in [6.07, 6.45) is 3.48. The molecule has 0 bridgehead atoms. The summed E-state index contributed by atoms with van der Waals surface area (Å²) in [5.74, 6) is 0.845. The molecule has 0 spiro atoms. The maximum Gasteiger partial charge on any atom is 0.130 e. The molecule has 1 aromatic carbocycles. The number of rotatable bonds is 4. The summed E-state index contributed by atoms with van der Waals surface area (Å²) < 4.78 is 5.92. The first-order valence-electron chi connectivity index (χ1n) is 5.67. The topological polar surface area (TPSA) is 38.2 Å². The normalized spacial score (nSPS) is 12.9. The average molecular weight is 231 g/mol. The van der Waals surface area contributed by atoms with E-state index in [0.29, 0.717) is 0 Å². The van der Waals surface area contributed by atoms with Gasteiger partial charge in [-0.05, 0) is 33.2 Å². The van der Waals surface area contributed by atoms with Gasteiger partial charge in [0.05, 0.1) is 10.9 Å². The Balaban J connectivity index is 2.24. The second-order valence-corrected chi connectivity index (χ2v) is 4.40. The fourth-order valence-electron chi connectivity index (χ4n) is 1.85. The minimum absolute atomic E-state index is 0.135. The lowest BCUT2D eigenvalue weighted by Crippen LogP contribution is -2.28. The summed E-state index contributed by atoms with van der Waals surface area (Å²) >= 11 is 0. The molecule has 1 atom stereocenters. The maximum atomic E-state index is 5.92. The summed E-state index contributed by atoms with van der Waals surface area (Å²) in [6, 6.07) is 5.87. The van der Waals surface area contributed by atoms with Crippen molar-refractivity contribution in [2.45, 2.75) is 13.0 Å². The third-order valence-electron chi connectivity index (χ3n) is 2.46. The highest BCUT2D eigenvalue weighted by Gasteiger charge is 2.08. The first kappa shape index (κ1) is 11.8. The van der Waals surface area contributed by atoms with Crippen molar-refractivity contribution < 1.29 is 4.74 Å². The van der Waals surface area contributed by atoms with E-state index < -0.39 is 0 Å². The SMILES string of the molecule is C[C@H](CN(C)C)Oc1cccc2ncncc12. The van der Waals surface area contributed by atoms with Crippen molar-refractivity contribution >= 4 is 10.9 Å². The van der Waals surface area contributed by atoms with E-state index in [-0.39, 0.29) is 6.10 Å². The van der Waals surface area contributed by atoms with Crippen LogP contribution in [0.2, 0.25) is 0 Å². The van der Waals surface area contributed by atoms with Crippen LogP contribution in [0.4, 0.5) is 0 Å². The lowest BCUT2D eigenvalue weighted by atomic mass is 10.2. The average Bonchev–Trinajstić information content (AvgIpc) is 2.28. The van der Waals surface area contributed by atoms with Crippen LogP contribution in [0.3, 0.4) is 0 Å². The second-order valence-electron chi connectivity index (χ2n) is 4.40. The van der Waals surface area contributed by atoms with Gasteiger partial charge in [0.15, 0.2) is 0 Å². The van der Waals surface area contributed by atoms with Crippen molar-refractivity contribution in [1.82, 2.24) is 14.9 Å². The minimum Gasteiger partial charge on any atom is -0.489 e. The van der Waals surface area contributed by atoms with Gasteiger partial charge >= 0.3 is 0 Å². The van der Waals surface area contributed by atoms with E-state index in [2.05, 4.69) is 21.8 Å². The monoisotopic (exact) mass is 231 g/mol. The van der Waals surface area contributed by atoms with Gasteiger partial charge in [-0.15, -0.1) is 0 Å². The second kappa shape index (κ2) is 5.10. The van der Waals surface area contributed by atoms with Crippen molar-refractivity contribution in [3.63, 3.8) is 0 Å². The molecule has 0 aliphatic rings. The number of hydrogen-bond donors (Lipinski definition) is 0. The zero-order chi connectivity index (χ0) is 12.3. The lowest BCUT2D eigenvalue weighted by molar-refractivity contribution is 0.179. The number of benzene rings is 1. The molecule has 0 aliphatic heterocycles. The van der Waals surface area contributed by atoms with Gasteiger partial charge in [0, 0.05) is 12.7 Å². The Hall–Kier alpha value is -1.68. The molecule has 0 fully saturated rings. The molecule has 4 nitrogen and oxygen atoms in total. The molecule has 0 aliphatic carbocycles. The van der Waals surface area contributed by atoms with Crippen molar-refractivity contribution in [1.29, 1.82) is 0 Å². The Morgan fingerprint density at radius 3 is 2.94 bits per heavy atom. The van der Waals surface area contributed by atoms with Gasteiger partial charge in [-0.3, -0.25) is 0 Å². The third kappa shape index (κ3) is 2.91. The number of fused-ring (bicyclic) bond motifs is 1. The van der Waals surface area contributed by atoms with Crippen molar-refractivity contribution in [3.8, 4) is 5.75 Å². The summed E-state index contributed by atoms with van der Waals surface area (Å²) in [4.78, 5) is 10.4. The van der Waals surface area contributed by atoms with Crippen molar-refractivity contribution in [2.75, 3.05) is 20.6 Å². The van der Waals surface area contributed by atoms with Crippen LogP contribution < -0.4 is 4.74 Å². The first-order chi connectivity index (χ1) is 8.16. The highest BCUT2D eigenvalue weighted by Crippen LogP contribution is 2.23. The van der Waals surface area contributed by atoms with E-state index in [1.54, 1.807) is 12.5 Å². The molecule has 0 radical (unpaired) electrons. The maximum absolute atomic E-state index is 5.92. The molecular weight excluding hydrogens is 214 g/mol. The van der Waals surface area contributed by atoms with Crippen LogP contribution in [-0.4, -0.2) is 41.6 Å². The van der Waals surface area contributed by atoms with Crippen LogP contribution >= 0.6 is 0 Å². The molecular formula is C13H17N3O. The molecule has 90 valence electrons. The molecule has 0 saturated heterocycles. The standard InChI is InChI=1S/C13H17N3O/c1-10(8-16(2)3)17-13-6-4-5-12-11(13)7-14-9-15-12/h4-7,9-10H,8H2,1-3H3/t10-/m1/s1. The van der Waals surface area contributed by atoms with Gasteiger partial charge in [0.25, 0.3) is 0 Å². The van der Waals surface area contributed by atoms with Crippen LogP contribution in [0.1, 0.15) is 6.92 Å². The summed E-state index contributed by atoms with van der Waals surface area (Å²) in [5, 5.41) is 0.959. The van der Waals surface area contributed by atoms with E-state index in [1.807, 2.05) is 32.3 Å². The van der Waals surface area contributed by atoms with Crippen LogP contribution in [0, 0.1) is 0 Å². The van der Waals surface area contributed by atoms with Crippen LogP contribution in [0.25, 0.3) is 10.9 Å². The molecule has 1 heterocycles. The summed E-state index contributed by atoms with van der Waals surface area (Å²) in [7, 11) is 4.07. The molecule has 0 unspecified atom stereocenters. The fraction of sp³-hybridized carbons (Fsp3) is 0.385. The van der Waals surface area contributed by atoms with Gasteiger partial charge in [-0.2, -0.15) is 0 Å². The highest BCUT2D eigenvalue weighted by atomic mass is 16.5. The van der Waals surface area contributed by atoms with Gasteiger partial charge in [0.2, 0.25) is 0 Å². The number of likely N-dealkylation sites (N-methyl/N-ethyl adjacent to an activating group) is 1. The van der Waals surface area contributed by atoms with Gasteiger partial charge < -0.3 is 9.64 Å². The van der Waals surface area contributed by atoms with E-state index in [0.717, 1.165) is 23.2 Å². The number of aromatic nitrogens is 2. The number of hydrogen-bond acceptors (Lipinski definition) is 4. The number of nitrogens with zero attached hydrogens (tertiary/aromatic N) is 3. The predicted molar refractivity (Wildman–Crippen MR) is 68.2 cm³/mol. The van der Waals surface area contributed by atoms with Gasteiger partial charge in [0.1, 0.15) is 18.2 Å². The predicted octanol–water partition coefficient (Wildman–Crippen LogP) is 1.96. The van der Waals surface area contributed by atoms with E-state index in [1.165, 1.54) is 0 Å². The Morgan fingerprint density at radius 2 is 2.18 bits per heavy atom. The molecule has 1 aromatic heterocycles. The van der Waals surface area contributed by atoms with E-state index in [9.17, 15) is 0 Å². The Bertz CT molecular complexity index is 493. The zero-order valence-corrected chi connectivity index (χ0v) is 10.4. The Morgan fingerprint density at radius 1 is 1.35 bits per heavy atom. The molecule has 0 N–H and O–H groups in total. The van der Waals surface area contributed by atoms with Crippen LogP contribution in [-0.2, 0) is 0 Å². The quantitative estimate of drug-likeness (QED) is 0.806. The Kier molecular flexibility index (Phi) is 3.54. The fourth-order valence-corrected chi connectivity index (χ4v) is 1.85. The van der Waals surface area contributed by atoms with Crippen LogP contribution in [0.5, 0.6) is 5.75 Å². The zero-order valence-electron chi connectivity index (χ0n) is 10.4. The van der Waals surface area contributed by atoms with Gasteiger partial charge in [-0.1, -0.05) is 6.07 Å². The van der Waals surface area contributed by atoms with E-state index in [4.69, 9.17) is 4.74 Å². The molecule has 2 aromatic rings. The first-order valence-corrected chi connectivity index (χ1v) is 5.67. The minimum atomic E-state index is 0.135. The molecule has 2 rings (SSSR count). The summed E-state index contributed by atoms with van der Waals surface area (Å²) in [6.45, 7) is 2.94.